The maximum Gasteiger partial charge on any atom is 0.345 e. The van der Waals surface area contributed by atoms with E-state index in [-0.39, 0.29) is 42.5 Å². The smallest absolute Gasteiger partial charge is 0.345 e. The number of carbonyl (C=O) groups excluding carboxylic acids is 1. The summed E-state index contributed by atoms with van der Waals surface area (Å²) in [7, 11) is 0. The van der Waals surface area contributed by atoms with Crippen LogP contribution in [0.15, 0.2) is 35.2 Å². The Hall–Kier alpha value is -3.18. The predicted octanol–water partition coefficient (Wildman–Crippen LogP) is 3.45. The molecule has 10 nitrogen and oxygen atoms in total. The molecule has 2 aromatic rings. The van der Waals surface area contributed by atoms with Crippen LogP contribution in [0.25, 0.3) is 0 Å². The molecule has 0 bridgehead atoms. The first kappa shape index (κ1) is 19.6. The fraction of sp³-hybridized carbons (Fsp3) is 0.235. The van der Waals surface area contributed by atoms with Gasteiger partial charge in [-0.15, -0.1) is 11.8 Å². The summed E-state index contributed by atoms with van der Waals surface area (Å²) in [5.74, 6) is -0.563. The molecule has 0 saturated carbocycles. The number of nitrogens with zero attached hydrogens (tertiary/aromatic N) is 2. The summed E-state index contributed by atoms with van der Waals surface area (Å²) < 4.78 is 15.7. The van der Waals surface area contributed by atoms with Crippen LogP contribution in [0.2, 0.25) is 0 Å². The van der Waals surface area contributed by atoms with Crippen molar-refractivity contribution in [1.82, 2.24) is 0 Å². The van der Waals surface area contributed by atoms with E-state index < -0.39 is 15.8 Å². The number of esters is 1. The molecular formula is C17H14N2O8S. The molecule has 0 atom stereocenters. The van der Waals surface area contributed by atoms with Gasteiger partial charge in [-0.2, -0.15) is 0 Å². The zero-order chi connectivity index (χ0) is 20.3. The van der Waals surface area contributed by atoms with Crippen LogP contribution >= 0.6 is 11.8 Å². The van der Waals surface area contributed by atoms with E-state index in [0.29, 0.717) is 16.2 Å². The summed E-state index contributed by atoms with van der Waals surface area (Å²) in [4.78, 5) is 34.2. The van der Waals surface area contributed by atoms with Crippen LogP contribution in [0.4, 0.5) is 11.4 Å². The van der Waals surface area contributed by atoms with E-state index in [0.717, 1.165) is 0 Å². The number of benzene rings is 2. The summed E-state index contributed by atoms with van der Waals surface area (Å²) in [6, 6.07) is 6.71. The van der Waals surface area contributed by atoms with Crippen LogP contribution in [0.5, 0.6) is 5.75 Å². The van der Waals surface area contributed by atoms with Gasteiger partial charge in [0.25, 0.3) is 11.4 Å². The van der Waals surface area contributed by atoms with Crippen LogP contribution in [0.1, 0.15) is 21.5 Å². The van der Waals surface area contributed by atoms with Crippen molar-refractivity contribution in [3.63, 3.8) is 0 Å². The van der Waals surface area contributed by atoms with Crippen molar-refractivity contribution in [3.8, 4) is 5.75 Å². The number of non-ortho nitro benzene ring substituents is 1. The minimum absolute atomic E-state index is 0.0347. The van der Waals surface area contributed by atoms with Gasteiger partial charge < -0.3 is 14.2 Å². The summed E-state index contributed by atoms with van der Waals surface area (Å²) >= 11 is 1.32. The lowest BCUT2D eigenvalue weighted by atomic mass is 10.1. The second-order valence-electron chi connectivity index (χ2n) is 5.68. The molecule has 146 valence electrons. The molecule has 0 aliphatic carbocycles. The number of ether oxygens (including phenoxy) is 3. The lowest BCUT2D eigenvalue weighted by molar-refractivity contribution is -0.385. The second-order valence-corrected chi connectivity index (χ2v) is 6.56. The summed E-state index contributed by atoms with van der Waals surface area (Å²) in [5, 5.41) is 22.3. The second kappa shape index (κ2) is 8.23. The monoisotopic (exact) mass is 406 g/mol. The van der Waals surface area contributed by atoms with Crippen LogP contribution in [-0.4, -0.2) is 28.9 Å². The lowest BCUT2D eigenvalue weighted by Crippen LogP contribution is -2.15. The van der Waals surface area contributed by atoms with Crippen molar-refractivity contribution < 1.29 is 28.9 Å². The van der Waals surface area contributed by atoms with Gasteiger partial charge in [-0.25, -0.2) is 4.79 Å². The Morgan fingerprint density at radius 2 is 2.00 bits per heavy atom. The fourth-order valence-corrected chi connectivity index (χ4v) is 3.12. The molecule has 11 heteroatoms. The predicted molar refractivity (Wildman–Crippen MR) is 97.4 cm³/mol. The molecular weight excluding hydrogens is 392 g/mol. The molecule has 0 spiro atoms. The summed E-state index contributed by atoms with van der Waals surface area (Å²) in [6.45, 7) is -0.254. The number of fused-ring (bicyclic) bond motifs is 1. The van der Waals surface area contributed by atoms with Gasteiger partial charge >= 0.3 is 5.97 Å². The van der Waals surface area contributed by atoms with E-state index in [9.17, 15) is 25.0 Å². The number of carbonyl (C=O) groups is 1. The zero-order valence-electron chi connectivity index (χ0n) is 14.6. The van der Waals surface area contributed by atoms with Crippen LogP contribution in [0.3, 0.4) is 0 Å². The number of nitro benzene ring substituents is 2. The Balaban J connectivity index is 1.88. The minimum atomic E-state index is -0.907. The number of nitro groups is 2. The van der Waals surface area contributed by atoms with Crippen LogP contribution < -0.4 is 4.74 Å². The molecule has 1 aliphatic rings. The largest absolute Gasteiger partial charge is 0.467 e. The van der Waals surface area contributed by atoms with Crippen molar-refractivity contribution in [1.29, 1.82) is 0 Å². The van der Waals surface area contributed by atoms with Crippen LogP contribution in [-0.2, 0) is 22.7 Å². The molecule has 0 unspecified atom stereocenters. The molecule has 0 N–H and O–H groups in total. The third-order valence-electron chi connectivity index (χ3n) is 3.96. The van der Waals surface area contributed by atoms with E-state index >= 15 is 0 Å². The third kappa shape index (κ3) is 4.05. The van der Waals surface area contributed by atoms with E-state index in [1.165, 1.54) is 42.1 Å². The number of hydrogen-bond acceptors (Lipinski definition) is 9. The van der Waals surface area contributed by atoms with Gasteiger partial charge in [0.1, 0.15) is 17.9 Å². The number of hydrogen-bond donors (Lipinski definition) is 0. The Labute approximate surface area is 162 Å². The standard InChI is InChI=1S/C17H14N2O8S/c1-28-13-2-3-15(19(23)24)14(6-13)17(20)26-8-11-5-12(18(21)22)4-10-7-25-9-27-16(10)11/h2-6H,7-9H2,1H3. The Kier molecular flexibility index (Phi) is 5.76. The molecule has 0 aromatic heterocycles. The first-order chi connectivity index (χ1) is 13.4. The highest BCUT2D eigenvalue weighted by Gasteiger charge is 2.25. The first-order valence-corrected chi connectivity index (χ1v) is 9.13. The van der Waals surface area contributed by atoms with Gasteiger partial charge in [-0.3, -0.25) is 20.2 Å². The van der Waals surface area contributed by atoms with Crippen molar-refractivity contribution in [3.05, 3.63) is 67.3 Å². The number of thioether (sulfide) groups is 1. The van der Waals surface area contributed by atoms with Gasteiger partial charge in [-0.1, -0.05) is 0 Å². The topological polar surface area (TPSA) is 131 Å². The van der Waals surface area contributed by atoms with Gasteiger partial charge in [0.05, 0.1) is 16.5 Å². The molecule has 28 heavy (non-hydrogen) atoms. The zero-order valence-corrected chi connectivity index (χ0v) is 15.4. The molecule has 1 aliphatic heterocycles. The van der Waals surface area contributed by atoms with Crippen molar-refractivity contribution in [2.45, 2.75) is 18.1 Å². The Morgan fingerprint density at radius 3 is 2.68 bits per heavy atom. The number of rotatable bonds is 6. The summed E-state index contributed by atoms with van der Waals surface area (Å²) in [5.41, 5.74) is -0.0328. The molecule has 1 heterocycles. The molecule has 2 aromatic carbocycles. The molecule has 0 amide bonds. The Morgan fingerprint density at radius 1 is 1.21 bits per heavy atom. The highest BCUT2D eigenvalue weighted by atomic mass is 32.2. The van der Waals surface area contributed by atoms with E-state index in [2.05, 4.69) is 0 Å². The first-order valence-electron chi connectivity index (χ1n) is 7.91. The highest BCUT2D eigenvalue weighted by molar-refractivity contribution is 7.98. The highest BCUT2D eigenvalue weighted by Crippen LogP contribution is 2.33. The van der Waals surface area contributed by atoms with Crippen LogP contribution in [0, 0.1) is 20.2 Å². The molecule has 0 fully saturated rings. The Bertz CT molecular complexity index is 962. The average molecular weight is 406 g/mol. The van der Waals surface area contributed by atoms with Gasteiger partial charge in [0.2, 0.25) is 0 Å². The van der Waals surface area contributed by atoms with Gasteiger partial charge in [-0.05, 0) is 18.4 Å². The molecule has 0 saturated heterocycles. The van der Waals surface area contributed by atoms with Gasteiger partial charge in [0.15, 0.2) is 6.79 Å². The quantitative estimate of drug-likeness (QED) is 0.306. The minimum Gasteiger partial charge on any atom is -0.467 e. The normalized spacial score (nSPS) is 12.6. The third-order valence-corrected chi connectivity index (χ3v) is 4.69. The average Bonchev–Trinajstić information content (AvgIpc) is 2.70. The van der Waals surface area contributed by atoms with Crippen molar-refractivity contribution in [2.75, 3.05) is 13.0 Å². The lowest BCUT2D eigenvalue weighted by Gasteiger charge is -2.20. The SMILES string of the molecule is CSc1ccc([N+](=O)[O-])c(C(=O)OCc2cc([N+](=O)[O-])cc3c2OCOC3)c1. The fourth-order valence-electron chi connectivity index (χ4n) is 2.68. The molecule has 3 rings (SSSR count). The van der Waals surface area contributed by atoms with Crippen molar-refractivity contribution in [2.24, 2.45) is 0 Å². The van der Waals surface area contributed by atoms with Gasteiger partial charge in [0, 0.05) is 34.2 Å². The maximum absolute atomic E-state index is 12.5. The molecule has 0 radical (unpaired) electrons. The van der Waals surface area contributed by atoms with E-state index in [1.54, 1.807) is 6.26 Å². The maximum atomic E-state index is 12.5. The van der Waals surface area contributed by atoms with E-state index in [4.69, 9.17) is 14.2 Å². The summed E-state index contributed by atoms with van der Waals surface area (Å²) in [6.07, 6.45) is 1.77. The van der Waals surface area contributed by atoms with E-state index in [1.807, 2.05) is 0 Å². The van der Waals surface area contributed by atoms with Crippen molar-refractivity contribution >= 4 is 29.1 Å².